The van der Waals surface area contributed by atoms with E-state index < -0.39 is 0 Å². The van der Waals surface area contributed by atoms with E-state index >= 15 is 0 Å². The summed E-state index contributed by atoms with van der Waals surface area (Å²) in [6.07, 6.45) is 4.35. The maximum Gasteiger partial charge on any atom is 0.229 e. The maximum absolute atomic E-state index is 11.0. The van der Waals surface area contributed by atoms with Gasteiger partial charge in [-0.3, -0.25) is 4.79 Å². The van der Waals surface area contributed by atoms with Gasteiger partial charge in [-0.15, -0.1) is 10.2 Å². The topological polar surface area (TPSA) is 147 Å². The van der Waals surface area contributed by atoms with E-state index in [1.54, 1.807) is 0 Å². The molecule has 1 amide bonds. The van der Waals surface area contributed by atoms with Crippen LogP contribution in [0.5, 0.6) is 0 Å². The Bertz CT molecular complexity index is 937. The summed E-state index contributed by atoms with van der Waals surface area (Å²) in [6.45, 7) is 0.443. The normalized spacial score (nSPS) is 13.3. The summed E-state index contributed by atoms with van der Waals surface area (Å²) in [6, 6.07) is 7.58. The number of hydrogen-bond acceptors (Lipinski definition) is 8. The third-order valence-corrected chi connectivity index (χ3v) is 4.22. The number of benzene rings is 1. The number of aromatic amines is 1. The predicted octanol–water partition coefficient (Wildman–Crippen LogP) is 1.56. The number of nitrogens with one attached hydrogen (secondary N) is 3. The molecule has 0 radical (unpaired) electrons. The first-order valence-electron chi connectivity index (χ1n) is 8.69. The lowest BCUT2D eigenvalue weighted by atomic mass is 10.2. The smallest absolute Gasteiger partial charge is 0.229 e. The van der Waals surface area contributed by atoms with Crippen molar-refractivity contribution in [2.24, 2.45) is 5.73 Å². The van der Waals surface area contributed by atoms with E-state index in [2.05, 4.69) is 41.2 Å². The fraction of sp³-hybridized carbons (Fsp3) is 0.294. The number of H-pyrrole nitrogens is 1. The Balaban J connectivity index is 1.53. The summed E-state index contributed by atoms with van der Waals surface area (Å²) in [7, 11) is 0. The third kappa shape index (κ3) is 4.17. The number of carbonyl (C=O) groups is 1. The number of primary amides is 1. The van der Waals surface area contributed by atoms with Gasteiger partial charge in [0.15, 0.2) is 0 Å². The highest BCUT2D eigenvalue weighted by Gasteiger charge is 2.27. The van der Waals surface area contributed by atoms with Gasteiger partial charge in [0, 0.05) is 36.0 Å². The number of hydrogen-bond donors (Lipinski definition) is 4. The van der Waals surface area contributed by atoms with Crippen molar-refractivity contribution in [3.05, 3.63) is 36.0 Å². The molecule has 0 bridgehead atoms. The van der Waals surface area contributed by atoms with E-state index in [4.69, 9.17) is 5.73 Å². The second kappa shape index (κ2) is 7.36. The van der Waals surface area contributed by atoms with Gasteiger partial charge in [0.05, 0.1) is 0 Å². The van der Waals surface area contributed by atoms with Crippen molar-refractivity contribution >= 4 is 23.4 Å². The molecule has 138 valence electrons. The van der Waals surface area contributed by atoms with Crippen LogP contribution in [0.4, 0.5) is 17.5 Å². The van der Waals surface area contributed by atoms with Crippen molar-refractivity contribution in [1.82, 2.24) is 30.6 Å². The molecule has 1 aromatic carbocycles. The lowest BCUT2D eigenvalue weighted by Crippen LogP contribution is -2.17. The summed E-state index contributed by atoms with van der Waals surface area (Å²) in [4.78, 5) is 20.0. The van der Waals surface area contributed by atoms with Crippen molar-refractivity contribution in [2.45, 2.75) is 25.2 Å². The first kappa shape index (κ1) is 16.9. The van der Waals surface area contributed by atoms with Gasteiger partial charge in [-0.2, -0.15) is 10.2 Å². The molecule has 10 nitrogen and oxygen atoms in total. The lowest BCUT2D eigenvalue weighted by Gasteiger charge is -2.12. The number of carbonyl (C=O) groups excluding carboxylic acids is 1. The number of aromatic nitrogens is 6. The highest BCUT2D eigenvalue weighted by Crippen LogP contribution is 2.42. The van der Waals surface area contributed by atoms with Crippen molar-refractivity contribution in [2.75, 3.05) is 17.2 Å². The van der Waals surface area contributed by atoms with Crippen LogP contribution in [0.15, 0.2) is 30.5 Å². The number of tetrazole rings is 1. The number of amides is 1. The van der Waals surface area contributed by atoms with Crippen LogP contribution >= 0.6 is 0 Å². The SMILES string of the molecule is NC(=O)CCNc1nc(Nc2cccc(-c3nn[nH]n3)c2)ncc1C1CC1. The van der Waals surface area contributed by atoms with E-state index in [0.717, 1.165) is 35.5 Å². The molecular weight excluding hydrogens is 346 g/mol. The van der Waals surface area contributed by atoms with Gasteiger partial charge in [0.2, 0.25) is 17.7 Å². The summed E-state index contributed by atoms with van der Waals surface area (Å²) in [5.41, 5.74) is 7.91. The van der Waals surface area contributed by atoms with Gasteiger partial charge in [0.25, 0.3) is 0 Å². The molecule has 10 heteroatoms. The zero-order chi connectivity index (χ0) is 18.6. The minimum atomic E-state index is -0.346. The largest absolute Gasteiger partial charge is 0.370 e. The van der Waals surface area contributed by atoms with Crippen molar-refractivity contribution < 1.29 is 4.79 Å². The van der Waals surface area contributed by atoms with Crippen LogP contribution in [0, 0.1) is 0 Å². The van der Waals surface area contributed by atoms with Gasteiger partial charge in [-0.25, -0.2) is 4.98 Å². The molecule has 1 fully saturated rings. The van der Waals surface area contributed by atoms with Crippen LogP contribution in [-0.2, 0) is 4.79 Å². The van der Waals surface area contributed by atoms with Crippen LogP contribution in [0.1, 0.15) is 30.7 Å². The van der Waals surface area contributed by atoms with Gasteiger partial charge >= 0.3 is 0 Å². The maximum atomic E-state index is 11.0. The molecule has 0 spiro atoms. The van der Waals surface area contributed by atoms with Crippen LogP contribution in [0.3, 0.4) is 0 Å². The molecular formula is C17H19N9O. The second-order valence-corrected chi connectivity index (χ2v) is 6.36. The van der Waals surface area contributed by atoms with Crippen LogP contribution in [0.2, 0.25) is 0 Å². The molecule has 3 aromatic rings. The van der Waals surface area contributed by atoms with Crippen LogP contribution in [-0.4, -0.2) is 43.0 Å². The Morgan fingerprint density at radius 2 is 2.22 bits per heavy atom. The monoisotopic (exact) mass is 365 g/mol. The fourth-order valence-electron chi connectivity index (χ4n) is 2.74. The Kier molecular flexibility index (Phi) is 4.60. The summed E-state index contributed by atoms with van der Waals surface area (Å²) in [5, 5.41) is 20.4. The molecule has 5 N–H and O–H groups in total. The molecule has 0 saturated heterocycles. The molecule has 2 aromatic heterocycles. The molecule has 1 saturated carbocycles. The molecule has 27 heavy (non-hydrogen) atoms. The van der Waals surface area contributed by atoms with Crippen molar-refractivity contribution in [3.63, 3.8) is 0 Å². The lowest BCUT2D eigenvalue weighted by molar-refractivity contribution is -0.117. The molecule has 4 rings (SSSR count). The zero-order valence-electron chi connectivity index (χ0n) is 14.5. The summed E-state index contributed by atoms with van der Waals surface area (Å²) in [5.74, 6) is 1.85. The minimum absolute atomic E-state index is 0.254. The van der Waals surface area contributed by atoms with Crippen LogP contribution < -0.4 is 16.4 Å². The Hall–Kier alpha value is -3.56. The number of nitrogens with two attached hydrogens (primary N) is 1. The molecule has 0 aliphatic heterocycles. The number of rotatable bonds is 8. The second-order valence-electron chi connectivity index (χ2n) is 6.36. The average Bonchev–Trinajstić information content (AvgIpc) is 3.35. The predicted molar refractivity (Wildman–Crippen MR) is 99.2 cm³/mol. The van der Waals surface area contributed by atoms with Crippen molar-refractivity contribution in [3.8, 4) is 11.4 Å². The highest BCUT2D eigenvalue weighted by atomic mass is 16.1. The van der Waals surface area contributed by atoms with Gasteiger partial charge in [0.1, 0.15) is 5.82 Å². The molecule has 2 heterocycles. The zero-order valence-corrected chi connectivity index (χ0v) is 14.5. The van der Waals surface area contributed by atoms with Crippen LogP contribution in [0.25, 0.3) is 11.4 Å². The summed E-state index contributed by atoms with van der Waals surface area (Å²) < 4.78 is 0. The van der Waals surface area contributed by atoms with E-state index in [1.165, 1.54) is 0 Å². The Morgan fingerprint density at radius 1 is 1.33 bits per heavy atom. The van der Waals surface area contributed by atoms with E-state index in [0.29, 0.717) is 24.2 Å². The van der Waals surface area contributed by atoms with Gasteiger partial charge < -0.3 is 16.4 Å². The van der Waals surface area contributed by atoms with E-state index in [9.17, 15) is 4.79 Å². The molecule has 0 atom stereocenters. The Labute approximate surface area is 155 Å². The fourth-order valence-corrected chi connectivity index (χ4v) is 2.74. The molecule has 1 aliphatic carbocycles. The minimum Gasteiger partial charge on any atom is -0.370 e. The number of anilines is 3. The van der Waals surface area contributed by atoms with E-state index in [-0.39, 0.29) is 12.3 Å². The quantitative estimate of drug-likeness (QED) is 0.470. The molecule has 1 aliphatic rings. The standard InChI is InChI=1S/C17H19N9O/c18-14(27)6-7-19-16-13(10-4-5-10)9-20-17(22-16)21-12-3-1-2-11(8-12)15-23-25-26-24-15/h1-3,8-10H,4-7H2,(H2,18,27)(H2,19,20,21,22)(H,23,24,25,26). The highest BCUT2D eigenvalue weighted by molar-refractivity contribution is 5.74. The Morgan fingerprint density at radius 3 is 2.96 bits per heavy atom. The van der Waals surface area contributed by atoms with Crippen molar-refractivity contribution in [1.29, 1.82) is 0 Å². The van der Waals surface area contributed by atoms with Gasteiger partial charge in [-0.1, -0.05) is 12.1 Å². The third-order valence-electron chi connectivity index (χ3n) is 4.22. The summed E-state index contributed by atoms with van der Waals surface area (Å²) >= 11 is 0. The molecule has 0 unspecified atom stereocenters. The van der Waals surface area contributed by atoms with E-state index in [1.807, 2.05) is 30.5 Å². The average molecular weight is 365 g/mol. The first-order chi connectivity index (χ1) is 13.2. The first-order valence-corrected chi connectivity index (χ1v) is 8.69. The number of nitrogens with zero attached hydrogens (tertiary/aromatic N) is 5. The van der Waals surface area contributed by atoms with Gasteiger partial charge in [-0.05, 0) is 36.1 Å².